The Bertz CT molecular complexity index is 344. The van der Waals surface area contributed by atoms with Crippen molar-refractivity contribution in [3.8, 4) is 0 Å². The van der Waals surface area contributed by atoms with Crippen LogP contribution in [0.5, 0.6) is 0 Å². The highest BCUT2D eigenvalue weighted by Gasteiger charge is 2.34. The van der Waals surface area contributed by atoms with E-state index in [2.05, 4.69) is 0 Å². The summed E-state index contributed by atoms with van der Waals surface area (Å²) in [7, 11) is -0.902. The van der Waals surface area contributed by atoms with Crippen molar-refractivity contribution in [3.63, 3.8) is 0 Å². The summed E-state index contributed by atoms with van der Waals surface area (Å²) in [5.41, 5.74) is 0. The minimum Gasteiger partial charge on any atom is -0.396 e. The SMILES string of the molecule is OCCCCCCCC[P+](CCCCCCCCO)(CCCCCCCCO)CCCCCCCCO. The summed E-state index contributed by atoms with van der Waals surface area (Å²) in [5, 5.41) is 36.1. The maximum atomic E-state index is 9.04. The highest BCUT2D eigenvalue weighted by atomic mass is 31.2. The highest BCUT2D eigenvalue weighted by Crippen LogP contribution is 2.61. The molecular weight excluding hydrogens is 479 g/mol. The third kappa shape index (κ3) is 26.3. The maximum absolute atomic E-state index is 9.04. The number of rotatable bonds is 32. The van der Waals surface area contributed by atoms with E-state index in [9.17, 15) is 0 Å². The number of unbranched alkanes of at least 4 members (excludes halogenated alkanes) is 20. The summed E-state index contributed by atoms with van der Waals surface area (Å²) in [6, 6.07) is 0. The largest absolute Gasteiger partial charge is 0.396 e. The fourth-order valence-electron chi connectivity index (χ4n) is 5.74. The van der Waals surface area contributed by atoms with Gasteiger partial charge in [-0.15, -0.1) is 0 Å². The Hall–Kier alpha value is 0.270. The monoisotopic (exact) mass is 547 g/mol. The molecule has 5 heteroatoms. The van der Waals surface area contributed by atoms with Crippen molar-refractivity contribution in [2.75, 3.05) is 51.1 Å². The molecular formula is C32H68O4P+. The first-order chi connectivity index (χ1) is 18.2. The first kappa shape index (κ1) is 37.3. The summed E-state index contributed by atoms with van der Waals surface area (Å²) in [5.74, 6) is 0. The van der Waals surface area contributed by atoms with Crippen LogP contribution in [-0.2, 0) is 0 Å². The minimum absolute atomic E-state index is 0.342. The van der Waals surface area contributed by atoms with Gasteiger partial charge in [-0.1, -0.05) is 77.0 Å². The third-order valence-corrected chi connectivity index (χ3v) is 13.2. The van der Waals surface area contributed by atoms with E-state index in [1.807, 2.05) is 0 Å². The molecule has 0 radical (unpaired) electrons. The average molecular weight is 548 g/mol. The summed E-state index contributed by atoms with van der Waals surface area (Å²) >= 11 is 0. The van der Waals surface area contributed by atoms with Crippen molar-refractivity contribution in [1.29, 1.82) is 0 Å². The Balaban J connectivity index is 4.78. The van der Waals surface area contributed by atoms with Gasteiger partial charge in [0.15, 0.2) is 0 Å². The molecule has 0 atom stereocenters. The van der Waals surface area contributed by atoms with E-state index in [4.69, 9.17) is 20.4 Å². The molecule has 0 spiro atoms. The van der Waals surface area contributed by atoms with Crippen molar-refractivity contribution in [2.24, 2.45) is 0 Å². The Kier molecular flexibility index (Phi) is 31.0. The lowest BCUT2D eigenvalue weighted by atomic mass is 10.1. The number of hydrogen-bond donors (Lipinski definition) is 4. The first-order valence-electron chi connectivity index (χ1n) is 16.5. The van der Waals surface area contributed by atoms with Crippen LogP contribution in [0.25, 0.3) is 0 Å². The first-order valence-corrected chi connectivity index (χ1v) is 19.1. The normalized spacial score (nSPS) is 12.0. The van der Waals surface area contributed by atoms with Crippen LogP contribution in [0.4, 0.5) is 0 Å². The molecule has 0 aliphatic heterocycles. The second-order valence-corrected chi connectivity index (χ2v) is 16.1. The standard InChI is InChI=1S/C32H68O4P/c33-25-17-9-1-5-13-21-29-37(30-22-14-6-2-10-18-26-34,31-23-15-7-3-11-19-27-35)32-24-16-8-4-12-20-28-36/h33-36H,1-32H2/q+1. The lowest BCUT2D eigenvalue weighted by Gasteiger charge is -2.28. The molecule has 0 bridgehead atoms. The number of hydrogen-bond acceptors (Lipinski definition) is 4. The Morgan fingerprint density at radius 1 is 0.216 bits per heavy atom. The summed E-state index contributed by atoms with van der Waals surface area (Å²) in [6.07, 6.45) is 36.2. The van der Waals surface area contributed by atoms with Gasteiger partial charge in [0.25, 0.3) is 0 Å². The van der Waals surface area contributed by atoms with Gasteiger partial charge in [-0.05, 0) is 77.0 Å². The molecule has 0 rings (SSSR count). The molecule has 0 aromatic rings. The van der Waals surface area contributed by atoms with Crippen molar-refractivity contribution < 1.29 is 20.4 Å². The van der Waals surface area contributed by atoms with Gasteiger partial charge in [0.05, 0.1) is 24.6 Å². The lowest BCUT2D eigenvalue weighted by molar-refractivity contribution is 0.282. The molecule has 0 aromatic carbocycles. The predicted octanol–water partition coefficient (Wildman–Crippen LogP) is 8.34. The third-order valence-electron chi connectivity index (χ3n) is 8.16. The predicted molar refractivity (Wildman–Crippen MR) is 166 cm³/mol. The zero-order chi connectivity index (χ0) is 27.1. The summed E-state index contributed by atoms with van der Waals surface area (Å²) < 4.78 is 0. The van der Waals surface area contributed by atoms with Crippen LogP contribution in [0.3, 0.4) is 0 Å². The van der Waals surface area contributed by atoms with E-state index in [0.29, 0.717) is 26.4 Å². The number of aliphatic hydroxyl groups is 4. The fourth-order valence-corrected chi connectivity index (χ4v) is 10.7. The quantitative estimate of drug-likeness (QED) is 0.0504. The van der Waals surface area contributed by atoms with Crippen LogP contribution >= 0.6 is 7.26 Å². The van der Waals surface area contributed by atoms with Crippen LogP contribution < -0.4 is 0 Å². The van der Waals surface area contributed by atoms with Crippen LogP contribution in [0.1, 0.15) is 154 Å². The highest BCUT2D eigenvalue weighted by molar-refractivity contribution is 7.75. The zero-order valence-electron chi connectivity index (χ0n) is 24.9. The van der Waals surface area contributed by atoms with Gasteiger partial charge in [0.1, 0.15) is 0 Å². The second kappa shape index (κ2) is 30.8. The smallest absolute Gasteiger partial charge is 0.0594 e. The fraction of sp³-hybridized carbons (Fsp3) is 1.00. The topological polar surface area (TPSA) is 80.9 Å². The summed E-state index contributed by atoms with van der Waals surface area (Å²) in [6.45, 7) is 1.37. The van der Waals surface area contributed by atoms with Gasteiger partial charge in [0.2, 0.25) is 0 Å². The summed E-state index contributed by atoms with van der Waals surface area (Å²) in [4.78, 5) is 0. The van der Waals surface area contributed by atoms with Gasteiger partial charge >= 0.3 is 0 Å². The Labute approximate surface area is 232 Å². The van der Waals surface area contributed by atoms with Gasteiger partial charge in [-0.25, -0.2) is 0 Å². The van der Waals surface area contributed by atoms with E-state index >= 15 is 0 Å². The number of aliphatic hydroxyl groups excluding tert-OH is 4. The van der Waals surface area contributed by atoms with Gasteiger partial charge in [0, 0.05) is 33.7 Å². The molecule has 0 fully saturated rings. The molecule has 0 saturated heterocycles. The van der Waals surface area contributed by atoms with Crippen LogP contribution in [0.2, 0.25) is 0 Å². The van der Waals surface area contributed by atoms with E-state index in [1.54, 1.807) is 0 Å². The van der Waals surface area contributed by atoms with Crippen molar-refractivity contribution >= 4 is 7.26 Å². The van der Waals surface area contributed by atoms with Crippen molar-refractivity contribution in [3.05, 3.63) is 0 Å². The average Bonchev–Trinajstić information content (AvgIpc) is 2.91. The van der Waals surface area contributed by atoms with Gasteiger partial charge < -0.3 is 20.4 Å². The van der Waals surface area contributed by atoms with Crippen LogP contribution in [0.15, 0.2) is 0 Å². The molecule has 4 N–H and O–H groups in total. The van der Waals surface area contributed by atoms with Gasteiger partial charge in [-0.3, -0.25) is 0 Å². The van der Waals surface area contributed by atoms with Crippen molar-refractivity contribution in [2.45, 2.75) is 154 Å². The molecule has 0 aromatic heterocycles. The van der Waals surface area contributed by atoms with E-state index in [-0.39, 0.29) is 0 Å². The zero-order valence-corrected chi connectivity index (χ0v) is 25.8. The molecule has 37 heavy (non-hydrogen) atoms. The van der Waals surface area contributed by atoms with Crippen LogP contribution in [0, 0.1) is 0 Å². The maximum Gasteiger partial charge on any atom is 0.0594 e. The van der Waals surface area contributed by atoms with Crippen LogP contribution in [-0.4, -0.2) is 71.5 Å². The molecule has 224 valence electrons. The Morgan fingerprint density at radius 2 is 0.378 bits per heavy atom. The minimum atomic E-state index is -0.902. The lowest BCUT2D eigenvalue weighted by Crippen LogP contribution is -2.13. The molecule has 0 amide bonds. The molecule has 0 aliphatic rings. The molecule has 0 aliphatic carbocycles. The van der Waals surface area contributed by atoms with E-state index < -0.39 is 7.26 Å². The molecule has 4 nitrogen and oxygen atoms in total. The molecule has 0 heterocycles. The van der Waals surface area contributed by atoms with Crippen molar-refractivity contribution in [1.82, 2.24) is 0 Å². The Morgan fingerprint density at radius 3 is 0.568 bits per heavy atom. The van der Waals surface area contributed by atoms with E-state index in [1.165, 1.54) is 153 Å². The molecule has 0 saturated carbocycles. The molecule has 0 unspecified atom stereocenters. The van der Waals surface area contributed by atoms with E-state index in [0.717, 1.165) is 25.7 Å². The second-order valence-electron chi connectivity index (χ2n) is 11.6. The van der Waals surface area contributed by atoms with Gasteiger partial charge in [-0.2, -0.15) is 0 Å².